The number of H-pyrrole nitrogens is 1. The summed E-state index contributed by atoms with van der Waals surface area (Å²) in [5, 5.41) is 2.98. The number of hydrogen-bond acceptors (Lipinski definition) is 5. The zero-order valence-corrected chi connectivity index (χ0v) is 12.8. The Morgan fingerprint density at radius 3 is 2.75 bits per heavy atom. The number of hydrogen-bond donors (Lipinski definition) is 2. The molecule has 0 radical (unpaired) electrons. The Kier molecular flexibility index (Phi) is 4.11. The average molecular weight is 326 g/mol. The number of nitrogens with zero attached hydrogens (tertiary/aromatic N) is 2. The molecule has 2 N–H and O–H groups in total. The fourth-order valence-corrected chi connectivity index (χ4v) is 2.32. The third-order valence-electron chi connectivity index (χ3n) is 3.44. The van der Waals surface area contributed by atoms with Gasteiger partial charge in [0.15, 0.2) is 0 Å². The average Bonchev–Trinajstić information content (AvgIpc) is 2.59. The molecule has 0 bridgehead atoms. The number of nitrogens with one attached hydrogen (secondary N) is 2. The van der Waals surface area contributed by atoms with Crippen molar-refractivity contribution >= 4 is 22.5 Å². The molecule has 1 amide bonds. The minimum atomic E-state index is -0.637. The van der Waals surface area contributed by atoms with E-state index in [9.17, 15) is 14.4 Å². The number of benzene rings is 1. The summed E-state index contributed by atoms with van der Waals surface area (Å²) in [4.78, 5) is 42.2. The first-order valence-electron chi connectivity index (χ1n) is 7.10. The molecule has 8 heteroatoms. The fraction of sp³-hybridized carbons (Fsp3) is 0.125. The van der Waals surface area contributed by atoms with Crippen LogP contribution in [0.4, 0.5) is 5.69 Å². The Balaban J connectivity index is 1.88. The number of ether oxygens (including phenoxy) is 1. The Morgan fingerprint density at radius 1 is 1.25 bits per heavy atom. The predicted octanol–water partition coefficient (Wildman–Crippen LogP) is 0.732. The highest BCUT2D eigenvalue weighted by atomic mass is 16.5. The first kappa shape index (κ1) is 15.5. The molecule has 3 rings (SSSR count). The van der Waals surface area contributed by atoms with Crippen LogP contribution < -0.4 is 21.3 Å². The number of carbonyl (C=O) groups excluding carboxylic acids is 1. The third kappa shape index (κ3) is 3.02. The number of pyridine rings is 1. The molecule has 0 fully saturated rings. The summed E-state index contributed by atoms with van der Waals surface area (Å²) in [6.45, 7) is -0.234. The van der Waals surface area contributed by atoms with E-state index in [0.29, 0.717) is 22.5 Å². The molecule has 8 nitrogen and oxygen atoms in total. The first-order valence-corrected chi connectivity index (χ1v) is 7.10. The third-order valence-corrected chi connectivity index (χ3v) is 3.44. The monoisotopic (exact) mass is 326 g/mol. The molecule has 0 aliphatic carbocycles. The van der Waals surface area contributed by atoms with Crippen LogP contribution in [0.1, 0.15) is 0 Å². The molecular weight excluding hydrogens is 312 g/mol. The standard InChI is InChI=1S/C16H14N4O4/c1-24-14-7-6-10(8-17-14)18-13(21)9-20-12-5-3-2-4-11(12)15(22)19-16(20)23/h2-8H,9H2,1H3,(H,18,21)(H,19,22,23). The van der Waals surface area contributed by atoms with Crippen LogP contribution in [0.5, 0.6) is 5.88 Å². The van der Waals surface area contributed by atoms with E-state index in [1.165, 1.54) is 17.9 Å². The number of aromatic nitrogens is 3. The van der Waals surface area contributed by atoms with Gasteiger partial charge >= 0.3 is 5.69 Å². The number of methoxy groups -OCH3 is 1. The van der Waals surface area contributed by atoms with Gasteiger partial charge in [0, 0.05) is 6.07 Å². The number of aromatic amines is 1. The molecule has 2 aromatic heterocycles. The van der Waals surface area contributed by atoms with Gasteiger partial charge in [-0.2, -0.15) is 0 Å². The van der Waals surface area contributed by atoms with Gasteiger partial charge in [-0.3, -0.25) is 19.1 Å². The lowest BCUT2D eigenvalue weighted by Crippen LogP contribution is -2.34. The molecular formula is C16H14N4O4. The molecule has 0 spiro atoms. The quantitative estimate of drug-likeness (QED) is 0.735. The van der Waals surface area contributed by atoms with Crippen LogP contribution >= 0.6 is 0 Å². The Morgan fingerprint density at radius 2 is 2.04 bits per heavy atom. The number of rotatable bonds is 4. The molecule has 0 saturated heterocycles. The van der Waals surface area contributed by atoms with E-state index >= 15 is 0 Å². The van der Waals surface area contributed by atoms with Gasteiger partial charge in [0.1, 0.15) is 6.54 Å². The van der Waals surface area contributed by atoms with Gasteiger partial charge in [0.2, 0.25) is 11.8 Å². The molecule has 0 atom stereocenters. The summed E-state index contributed by atoms with van der Waals surface area (Å²) in [7, 11) is 1.49. The lowest BCUT2D eigenvalue weighted by Gasteiger charge is -2.10. The van der Waals surface area contributed by atoms with Gasteiger partial charge in [-0.15, -0.1) is 0 Å². The van der Waals surface area contributed by atoms with Crippen LogP contribution in [-0.4, -0.2) is 27.6 Å². The van der Waals surface area contributed by atoms with Crippen molar-refractivity contribution in [2.24, 2.45) is 0 Å². The zero-order valence-electron chi connectivity index (χ0n) is 12.8. The highest BCUT2D eigenvalue weighted by Crippen LogP contribution is 2.11. The summed E-state index contributed by atoms with van der Waals surface area (Å²) < 4.78 is 6.15. The molecule has 0 aliphatic rings. The van der Waals surface area contributed by atoms with Crippen LogP contribution in [0.3, 0.4) is 0 Å². The van der Waals surface area contributed by atoms with Gasteiger partial charge in [0.05, 0.1) is 29.9 Å². The van der Waals surface area contributed by atoms with E-state index < -0.39 is 17.2 Å². The smallest absolute Gasteiger partial charge is 0.329 e. The van der Waals surface area contributed by atoms with Crippen molar-refractivity contribution in [2.75, 3.05) is 12.4 Å². The number of amides is 1. The minimum Gasteiger partial charge on any atom is -0.481 e. The second-order valence-electron chi connectivity index (χ2n) is 5.00. The van der Waals surface area contributed by atoms with Crippen molar-refractivity contribution in [1.29, 1.82) is 0 Å². The van der Waals surface area contributed by atoms with E-state index in [0.717, 1.165) is 0 Å². The maximum Gasteiger partial charge on any atom is 0.329 e. The van der Waals surface area contributed by atoms with Crippen molar-refractivity contribution in [3.63, 3.8) is 0 Å². The highest BCUT2D eigenvalue weighted by molar-refractivity contribution is 5.91. The second-order valence-corrected chi connectivity index (χ2v) is 5.00. The number of carbonyl (C=O) groups is 1. The summed E-state index contributed by atoms with van der Waals surface area (Å²) in [6.07, 6.45) is 1.45. The second kappa shape index (κ2) is 6.37. The van der Waals surface area contributed by atoms with Crippen LogP contribution in [0, 0.1) is 0 Å². The maximum absolute atomic E-state index is 12.2. The molecule has 2 heterocycles. The normalized spacial score (nSPS) is 10.5. The molecule has 3 aromatic rings. The molecule has 0 aliphatic heterocycles. The van der Waals surface area contributed by atoms with Crippen LogP contribution in [0.2, 0.25) is 0 Å². The summed E-state index contributed by atoms with van der Waals surface area (Å²) in [6, 6.07) is 9.84. The van der Waals surface area contributed by atoms with E-state index in [4.69, 9.17) is 4.74 Å². The predicted molar refractivity (Wildman–Crippen MR) is 88.2 cm³/mol. The van der Waals surface area contributed by atoms with Crippen molar-refractivity contribution < 1.29 is 9.53 Å². The summed E-state index contributed by atoms with van der Waals surface area (Å²) in [5.74, 6) is 0.0112. The lowest BCUT2D eigenvalue weighted by molar-refractivity contribution is -0.116. The number of fused-ring (bicyclic) bond motifs is 1. The Bertz CT molecular complexity index is 1010. The number of para-hydroxylation sites is 1. The van der Waals surface area contributed by atoms with Gasteiger partial charge in [-0.25, -0.2) is 9.78 Å². The topological polar surface area (TPSA) is 106 Å². The minimum absolute atomic E-state index is 0.234. The molecule has 0 saturated carbocycles. The van der Waals surface area contributed by atoms with Gasteiger partial charge in [-0.05, 0) is 18.2 Å². The Labute approximate surface area is 135 Å². The maximum atomic E-state index is 12.2. The summed E-state index contributed by atoms with van der Waals surface area (Å²) >= 11 is 0. The van der Waals surface area contributed by atoms with Crippen LogP contribution in [0.25, 0.3) is 10.9 Å². The highest BCUT2D eigenvalue weighted by Gasteiger charge is 2.11. The van der Waals surface area contributed by atoms with Gasteiger partial charge in [-0.1, -0.05) is 12.1 Å². The van der Waals surface area contributed by atoms with Gasteiger partial charge in [0.25, 0.3) is 5.56 Å². The largest absolute Gasteiger partial charge is 0.481 e. The number of anilines is 1. The van der Waals surface area contributed by atoms with Crippen LogP contribution in [-0.2, 0) is 11.3 Å². The van der Waals surface area contributed by atoms with E-state index in [1.807, 2.05) is 0 Å². The summed E-state index contributed by atoms with van der Waals surface area (Å²) in [5.41, 5.74) is -0.245. The van der Waals surface area contributed by atoms with E-state index in [2.05, 4.69) is 15.3 Å². The van der Waals surface area contributed by atoms with Crippen molar-refractivity contribution in [3.05, 3.63) is 63.4 Å². The molecule has 0 unspecified atom stereocenters. The lowest BCUT2D eigenvalue weighted by atomic mass is 10.2. The zero-order chi connectivity index (χ0) is 17.1. The SMILES string of the molecule is COc1ccc(NC(=O)Cn2c(=O)[nH]c(=O)c3ccccc32)cn1. The van der Waals surface area contributed by atoms with E-state index in [1.54, 1.807) is 36.4 Å². The molecule has 122 valence electrons. The molecule has 1 aromatic carbocycles. The van der Waals surface area contributed by atoms with Crippen LogP contribution in [0.15, 0.2) is 52.2 Å². The molecule has 24 heavy (non-hydrogen) atoms. The van der Waals surface area contributed by atoms with Gasteiger partial charge < -0.3 is 10.1 Å². The van der Waals surface area contributed by atoms with Crippen molar-refractivity contribution in [3.8, 4) is 5.88 Å². The Hall–Kier alpha value is -3.42. The fourth-order valence-electron chi connectivity index (χ4n) is 2.32. The van der Waals surface area contributed by atoms with Crippen molar-refractivity contribution in [1.82, 2.24) is 14.5 Å². The van der Waals surface area contributed by atoms with E-state index in [-0.39, 0.29) is 6.54 Å². The first-order chi connectivity index (χ1) is 11.6. The van der Waals surface area contributed by atoms with Crippen molar-refractivity contribution in [2.45, 2.75) is 6.54 Å².